The zero-order valence-electron chi connectivity index (χ0n) is 52.3. The van der Waals surface area contributed by atoms with Crippen LogP contribution in [0.1, 0.15) is 100 Å². The minimum atomic E-state index is -4.67. The third-order valence-corrected chi connectivity index (χ3v) is 13.8. The number of nitrogen functional groups attached to an aromatic ring is 5. The van der Waals surface area contributed by atoms with Crippen LogP contribution in [0.3, 0.4) is 0 Å². The second-order valence-corrected chi connectivity index (χ2v) is 21.6. The van der Waals surface area contributed by atoms with Crippen molar-refractivity contribution in [1.29, 1.82) is 0 Å². The van der Waals surface area contributed by atoms with Gasteiger partial charge in [0.15, 0.2) is 0 Å². The summed E-state index contributed by atoms with van der Waals surface area (Å²) in [5.41, 5.74) is 40.3. The number of rotatable bonds is 17. The van der Waals surface area contributed by atoms with Gasteiger partial charge in [0.1, 0.15) is 5.75 Å². The molecule has 0 bridgehead atoms. The molecule has 18 nitrogen and oxygen atoms in total. The van der Waals surface area contributed by atoms with E-state index in [1.807, 2.05) is 117 Å². The summed E-state index contributed by atoms with van der Waals surface area (Å²) in [4.78, 5) is 24.6. The second kappa shape index (κ2) is 40.7. The van der Waals surface area contributed by atoms with Crippen molar-refractivity contribution in [2.75, 3.05) is 150 Å². The molecule has 0 saturated carbocycles. The molecule has 0 unspecified atom stereocenters. The number of ether oxygens (including phenoxy) is 1. The highest BCUT2D eigenvalue weighted by molar-refractivity contribution is 7.79. The summed E-state index contributed by atoms with van der Waals surface area (Å²) in [5.74, 6) is 0.743. The number of halogens is 1. The fraction of sp³-hybridized carbons (Fsp3) is 0.431. The number of amides is 1. The predicted molar refractivity (Wildman–Crippen MR) is 367 cm³/mol. The van der Waals surface area contributed by atoms with Crippen LogP contribution in [0.4, 0.5) is 68.2 Å². The van der Waals surface area contributed by atoms with E-state index in [0.29, 0.717) is 23.0 Å². The standard InChI is InChI=1S/C12H18N2O.C12H20N2O.C12H20N2.C11H16N2.C10H14N2.C8H11ClN2.H2O4S/c1-4-14(5-2)12-8-6-11(7-9-12)13-10(3)15;1-4-14(5-2)10-7-8-11(13)12(9-10)15-6-3;1-3-9-14(10-4-2)12-7-5-11(13)6-8-12;12-10-4-6-11(7-5-10)13-8-2-1-3-9-13;11-9-3-5-10(6-4-9)12-7-1-2-8-12;1-11(2)6-3-4-8(10)7(9)5-6;1-5(2,3)4/h6-9H,4-5H2,1-3H3,(H,13,15);7-9H,4-6,13H2,1-3H3;5-8H,3-4,9-10,13H2,1-2H3;4-7H,1-3,8-9,12H2;3-6H,1-2,7-8,11H2;3-5H,10H2,1-2H3;(H2,1,2,3,4). The summed E-state index contributed by atoms with van der Waals surface area (Å²) in [5, 5.41) is 3.36. The van der Waals surface area contributed by atoms with Crippen LogP contribution in [-0.4, -0.2) is 110 Å². The Labute approximate surface area is 514 Å². The molecule has 2 saturated heterocycles. The van der Waals surface area contributed by atoms with Gasteiger partial charge in [-0.05, 0) is 207 Å². The van der Waals surface area contributed by atoms with Crippen molar-refractivity contribution in [2.24, 2.45) is 0 Å². The summed E-state index contributed by atoms with van der Waals surface area (Å²) in [7, 11) is -0.746. The van der Waals surface area contributed by atoms with Gasteiger partial charge in [0, 0.05) is 149 Å². The molecule has 2 heterocycles. The van der Waals surface area contributed by atoms with Crippen LogP contribution in [-0.2, 0) is 15.2 Å². The lowest BCUT2D eigenvalue weighted by molar-refractivity contribution is -0.114. The summed E-state index contributed by atoms with van der Waals surface area (Å²) < 4.78 is 37.0. The summed E-state index contributed by atoms with van der Waals surface area (Å²) in [6.45, 7) is 28.1. The number of carbonyl (C=O) groups excluding carboxylic acids is 1. The van der Waals surface area contributed by atoms with Crippen LogP contribution in [0, 0.1) is 0 Å². The lowest BCUT2D eigenvalue weighted by atomic mass is 10.1. The molecule has 2 aliphatic heterocycles. The maximum Gasteiger partial charge on any atom is 0.394 e. The van der Waals surface area contributed by atoms with Gasteiger partial charge >= 0.3 is 10.4 Å². The van der Waals surface area contributed by atoms with E-state index in [1.165, 1.54) is 101 Å². The number of carbonyl (C=O) groups is 1. The van der Waals surface area contributed by atoms with E-state index in [2.05, 4.69) is 108 Å². The van der Waals surface area contributed by atoms with Crippen molar-refractivity contribution in [2.45, 2.75) is 100 Å². The minimum Gasteiger partial charge on any atom is -0.492 e. The van der Waals surface area contributed by atoms with Crippen molar-refractivity contribution in [3.63, 3.8) is 0 Å². The molecule has 6 aromatic rings. The zero-order chi connectivity index (χ0) is 63.3. The van der Waals surface area contributed by atoms with Gasteiger partial charge in [-0.2, -0.15) is 8.42 Å². The first-order valence-corrected chi connectivity index (χ1v) is 31.4. The Morgan fingerprint density at radius 3 is 1.28 bits per heavy atom. The highest BCUT2D eigenvalue weighted by atomic mass is 35.5. The van der Waals surface area contributed by atoms with E-state index in [9.17, 15) is 4.79 Å². The van der Waals surface area contributed by atoms with Crippen LogP contribution < -0.4 is 68.1 Å². The molecule has 0 spiro atoms. The molecule has 13 N–H and O–H groups in total. The monoisotopic (exact) mass is 1210 g/mol. The molecule has 1 amide bonds. The lowest BCUT2D eigenvalue weighted by Crippen LogP contribution is -2.29. The molecule has 0 radical (unpaired) electrons. The van der Waals surface area contributed by atoms with Gasteiger partial charge in [0.2, 0.25) is 5.91 Å². The molecule has 8 rings (SSSR count). The van der Waals surface area contributed by atoms with Gasteiger partial charge in [-0.3, -0.25) is 13.9 Å². The molecular formula is C65H101ClN12O6S. The molecule has 2 fully saturated rings. The Hall–Kier alpha value is -7.45. The third-order valence-electron chi connectivity index (χ3n) is 13.5. The quantitative estimate of drug-likeness (QED) is 0.0312. The largest absolute Gasteiger partial charge is 0.492 e. The van der Waals surface area contributed by atoms with E-state index in [1.54, 1.807) is 6.07 Å². The highest BCUT2D eigenvalue weighted by Gasteiger charge is 2.12. The summed E-state index contributed by atoms with van der Waals surface area (Å²) >= 11 is 5.81. The van der Waals surface area contributed by atoms with Gasteiger partial charge in [0.05, 0.1) is 23.0 Å². The maximum atomic E-state index is 10.8. The normalized spacial score (nSPS) is 12.2. The molecule has 2 aliphatic rings. The maximum absolute atomic E-state index is 10.8. The zero-order valence-corrected chi connectivity index (χ0v) is 53.9. The van der Waals surface area contributed by atoms with Crippen LogP contribution in [0.15, 0.2) is 133 Å². The van der Waals surface area contributed by atoms with Crippen molar-refractivity contribution >= 4 is 96.2 Å². The molecule has 470 valence electrons. The van der Waals surface area contributed by atoms with Gasteiger partial charge in [-0.1, -0.05) is 25.4 Å². The fourth-order valence-electron chi connectivity index (χ4n) is 9.02. The number of benzene rings is 6. The topological polar surface area (TPSA) is 262 Å². The number of nitrogens with zero attached hydrogens (tertiary/aromatic N) is 6. The minimum absolute atomic E-state index is 0.0365. The smallest absolute Gasteiger partial charge is 0.394 e. The molecule has 0 aliphatic carbocycles. The number of anilines is 12. The van der Waals surface area contributed by atoms with E-state index < -0.39 is 10.4 Å². The van der Waals surface area contributed by atoms with Crippen LogP contribution in [0.25, 0.3) is 0 Å². The van der Waals surface area contributed by atoms with Gasteiger partial charge in [-0.15, -0.1) is 0 Å². The summed E-state index contributed by atoms with van der Waals surface area (Å²) in [6.07, 6.45) is 9.05. The number of hydrogen-bond donors (Lipinski definition) is 8. The van der Waals surface area contributed by atoms with E-state index in [-0.39, 0.29) is 5.91 Å². The average molecular weight is 1210 g/mol. The van der Waals surface area contributed by atoms with Gasteiger partial charge < -0.3 is 68.1 Å². The third kappa shape index (κ3) is 30.3. The Kier molecular flexibility index (Phi) is 35.3. The number of hydrogen-bond acceptors (Lipinski definition) is 15. The lowest BCUT2D eigenvalue weighted by Gasteiger charge is -2.28. The molecule has 20 heteroatoms. The van der Waals surface area contributed by atoms with Crippen molar-refractivity contribution < 1.29 is 27.1 Å². The van der Waals surface area contributed by atoms with Crippen molar-refractivity contribution in [3.8, 4) is 5.75 Å². The molecule has 0 aromatic heterocycles. The highest BCUT2D eigenvalue weighted by Crippen LogP contribution is 2.28. The van der Waals surface area contributed by atoms with E-state index in [4.69, 9.17) is 62.5 Å². The fourth-order valence-corrected chi connectivity index (χ4v) is 9.20. The Morgan fingerprint density at radius 2 is 0.894 bits per heavy atom. The van der Waals surface area contributed by atoms with E-state index in [0.717, 1.165) is 79.1 Å². The van der Waals surface area contributed by atoms with Crippen molar-refractivity contribution in [1.82, 2.24) is 0 Å². The number of nitrogens with two attached hydrogens (primary N) is 5. The number of nitrogens with one attached hydrogen (secondary N) is 1. The molecule has 85 heavy (non-hydrogen) atoms. The summed E-state index contributed by atoms with van der Waals surface area (Å²) in [6, 6.07) is 43.9. The SMILES string of the molecule is CCCN(CCC)c1ccc(N)cc1.CCN(CC)c1ccc(NC(C)=O)cc1.CCOc1cc(N(CC)CC)ccc1N.CN(C)c1ccc(N)c(Cl)c1.Nc1ccc(N2CCCC2)cc1.Nc1ccc(N2CCCCC2)cc1.O=S(=O)(O)O. The first kappa shape index (κ1) is 73.7. The number of piperidine rings is 1. The van der Waals surface area contributed by atoms with Gasteiger partial charge in [-0.25, -0.2) is 0 Å². The Morgan fingerprint density at radius 1 is 0.529 bits per heavy atom. The first-order chi connectivity index (χ1) is 40.5. The van der Waals surface area contributed by atoms with E-state index >= 15 is 0 Å². The molecule has 0 atom stereocenters. The predicted octanol–water partition coefficient (Wildman–Crippen LogP) is 13.4. The molecule has 6 aromatic carbocycles. The second-order valence-electron chi connectivity index (χ2n) is 20.3. The van der Waals surface area contributed by atoms with Crippen LogP contribution in [0.5, 0.6) is 5.75 Å². The Balaban J connectivity index is 0.000000343. The van der Waals surface area contributed by atoms with Gasteiger partial charge in [0.25, 0.3) is 0 Å². The first-order valence-electron chi connectivity index (χ1n) is 29.6. The van der Waals surface area contributed by atoms with Crippen LogP contribution in [0.2, 0.25) is 5.02 Å². The average Bonchev–Trinajstić information content (AvgIpc) is 4.12. The van der Waals surface area contributed by atoms with Crippen molar-refractivity contribution in [3.05, 3.63) is 138 Å². The Bertz CT molecular complexity index is 2840. The molecular weight excluding hydrogens is 1110 g/mol. The van der Waals surface area contributed by atoms with Crippen LogP contribution >= 0.6 is 11.6 Å².